The first kappa shape index (κ1) is 22.2. The minimum atomic E-state index is -0.482. The number of aliphatic hydroxyl groups is 1. The lowest BCUT2D eigenvalue weighted by Crippen LogP contribution is -2.31. The summed E-state index contributed by atoms with van der Waals surface area (Å²) in [5, 5.41) is 13.8. The Balaban J connectivity index is 2.04. The monoisotopic (exact) mass is 389 g/mol. The van der Waals surface area contributed by atoms with E-state index in [1.807, 2.05) is 30.3 Å². The van der Waals surface area contributed by atoms with E-state index >= 15 is 0 Å². The van der Waals surface area contributed by atoms with E-state index in [9.17, 15) is 5.11 Å². The molecule has 0 heterocycles. The highest BCUT2D eigenvalue weighted by molar-refractivity contribution is 6.35. The fraction of sp³-hybridized carbons (Fsp3) is 0.583. The van der Waals surface area contributed by atoms with Gasteiger partial charge in [-0.1, -0.05) is 94.3 Å². The van der Waals surface area contributed by atoms with Gasteiger partial charge in [-0.25, -0.2) is 0 Å². The lowest BCUT2D eigenvalue weighted by atomic mass is 9.99. The molecule has 0 radical (unpaired) electrons. The normalized spacial score (nSPS) is 12.8. The Bertz CT molecular complexity index is 660. The van der Waals surface area contributed by atoms with Crippen LogP contribution in [0.3, 0.4) is 0 Å². The summed E-state index contributed by atoms with van der Waals surface area (Å²) in [6, 6.07) is 12.0. The summed E-state index contributed by atoms with van der Waals surface area (Å²) >= 11 is 6.34. The minimum Gasteiger partial charge on any atom is -0.387 e. The summed E-state index contributed by atoms with van der Waals surface area (Å²) in [7, 11) is 0. The van der Waals surface area contributed by atoms with Crippen LogP contribution in [0.2, 0.25) is 5.02 Å². The predicted molar refractivity (Wildman–Crippen MR) is 119 cm³/mol. The van der Waals surface area contributed by atoms with Gasteiger partial charge in [-0.3, -0.25) is 0 Å². The molecule has 27 heavy (non-hydrogen) atoms. The maximum Gasteiger partial charge on any atom is 0.0922 e. The molecule has 0 aliphatic carbocycles. The molecule has 0 saturated heterocycles. The topological polar surface area (TPSA) is 23.5 Å². The summed E-state index contributed by atoms with van der Waals surface area (Å²) in [6.45, 7) is 7.35. The van der Waals surface area contributed by atoms with Crippen LogP contribution in [0.15, 0.2) is 36.4 Å². The van der Waals surface area contributed by atoms with Crippen molar-refractivity contribution in [3.8, 4) is 0 Å². The van der Waals surface area contributed by atoms with Crippen molar-refractivity contribution in [2.24, 2.45) is 0 Å². The lowest BCUT2D eigenvalue weighted by Gasteiger charge is -2.26. The average Bonchev–Trinajstić information content (AvgIpc) is 2.68. The maximum absolute atomic E-state index is 11.0. The summed E-state index contributed by atoms with van der Waals surface area (Å²) < 4.78 is 0. The molecule has 2 nitrogen and oxygen atoms in total. The molecule has 0 bridgehead atoms. The van der Waals surface area contributed by atoms with E-state index in [0.29, 0.717) is 6.54 Å². The predicted octanol–water partition coefficient (Wildman–Crippen LogP) is 6.99. The van der Waals surface area contributed by atoms with Gasteiger partial charge in [-0.2, -0.15) is 0 Å². The number of nitrogens with zero attached hydrogens (tertiary/aromatic N) is 1. The van der Waals surface area contributed by atoms with Crippen molar-refractivity contribution in [3.05, 3.63) is 47.0 Å². The average molecular weight is 390 g/mol. The maximum atomic E-state index is 11.0. The third-order valence-electron chi connectivity index (χ3n) is 5.35. The van der Waals surface area contributed by atoms with E-state index in [1.54, 1.807) is 0 Å². The Morgan fingerprint density at radius 3 is 2.00 bits per heavy atom. The van der Waals surface area contributed by atoms with E-state index in [4.69, 9.17) is 11.6 Å². The van der Waals surface area contributed by atoms with Crippen LogP contribution < -0.4 is 0 Å². The number of hydrogen-bond acceptors (Lipinski definition) is 2. The third kappa shape index (κ3) is 7.10. The summed E-state index contributed by atoms with van der Waals surface area (Å²) in [4.78, 5) is 2.46. The van der Waals surface area contributed by atoms with Gasteiger partial charge in [0.15, 0.2) is 0 Å². The van der Waals surface area contributed by atoms with Crippen LogP contribution in [-0.4, -0.2) is 29.6 Å². The fourth-order valence-corrected chi connectivity index (χ4v) is 3.97. The van der Waals surface area contributed by atoms with Crippen LogP contribution in [0.5, 0.6) is 0 Å². The molecule has 0 aliphatic rings. The highest BCUT2D eigenvalue weighted by atomic mass is 35.5. The molecule has 0 fully saturated rings. The van der Waals surface area contributed by atoms with Gasteiger partial charge in [0.25, 0.3) is 0 Å². The number of hydrogen-bond donors (Lipinski definition) is 1. The molecule has 3 heteroatoms. The molecule has 2 aromatic rings. The Morgan fingerprint density at radius 2 is 1.41 bits per heavy atom. The van der Waals surface area contributed by atoms with Gasteiger partial charge in [-0.15, -0.1) is 0 Å². The second-order valence-electron chi connectivity index (χ2n) is 7.62. The number of rotatable bonds is 13. The zero-order valence-electron chi connectivity index (χ0n) is 17.1. The van der Waals surface area contributed by atoms with Crippen LogP contribution in [0, 0.1) is 0 Å². The van der Waals surface area contributed by atoms with Crippen LogP contribution >= 0.6 is 11.6 Å². The molecular weight excluding hydrogens is 354 g/mol. The smallest absolute Gasteiger partial charge is 0.0922 e. The highest BCUT2D eigenvalue weighted by Crippen LogP contribution is 2.30. The molecule has 0 aliphatic heterocycles. The molecule has 0 aromatic heterocycles. The Labute approximate surface area is 170 Å². The van der Waals surface area contributed by atoms with Crippen molar-refractivity contribution in [1.29, 1.82) is 0 Å². The first-order valence-corrected chi connectivity index (χ1v) is 11.1. The van der Waals surface area contributed by atoms with Gasteiger partial charge in [0.1, 0.15) is 0 Å². The second-order valence-corrected chi connectivity index (χ2v) is 8.03. The van der Waals surface area contributed by atoms with Gasteiger partial charge < -0.3 is 10.0 Å². The molecule has 1 unspecified atom stereocenters. The number of unbranched alkanes of at least 4 members (excludes halogenated alkanes) is 6. The summed E-state index contributed by atoms with van der Waals surface area (Å²) in [6.07, 6.45) is 9.63. The summed E-state index contributed by atoms with van der Waals surface area (Å²) in [5.41, 5.74) is 0.988. The Hall–Kier alpha value is -1.09. The summed E-state index contributed by atoms with van der Waals surface area (Å²) in [5.74, 6) is 0. The molecule has 1 atom stereocenters. The van der Waals surface area contributed by atoms with E-state index in [-0.39, 0.29) is 0 Å². The van der Waals surface area contributed by atoms with Crippen molar-refractivity contribution in [3.63, 3.8) is 0 Å². The van der Waals surface area contributed by atoms with Gasteiger partial charge in [0.05, 0.1) is 6.10 Å². The Kier molecular flexibility index (Phi) is 10.2. The molecule has 150 valence electrons. The van der Waals surface area contributed by atoms with Crippen molar-refractivity contribution >= 4 is 22.4 Å². The largest absolute Gasteiger partial charge is 0.387 e. The molecule has 2 aromatic carbocycles. The van der Waals surface area contributed by atoms with Crippen molar-refractivity contribution in [1.82, 2.24) is 4.90 Å². The van der Waals surface area contributed by atoms with E-state index in [1.165, 1.54) is 51.4 Å². The molecule has 0 amide bonds. The third-order valence-corrected chi connectivity index (χ3v) is 5.68. The highest BCUT2D eigenvalue weighted by Gasteiger charge is 2.16. The van der Waals surface area contributed by atoms with Crippen LogP contribution in [0.1, 0.15) is 76.9 Å². The quantitative estimate of drug-likeness (QED) is 0.373. The minimum absolute atomic E-state index is 0.482. The standard InChI is InChI=1S/C24H36ClNO/c1-3-5-7-11-17-26(18-12-8-6-4-2)19-24(27)22-15-16-23(25)21-14-10-9-13-20(21)22/h9-10,13-16,24,27H,3-8,11-12,17-19H2,1-2H3. The van der Waals surface area contributed by atoms with E-state index < -0.39 is 6.10 Å². The molecule has 0 saturated carbocycles. The zero-order valence-corrected chi connectivity index (χ0v) is 17.8. The number of benzene rings is 2. The van der Waals surface area contributed by atoms with Crippen LogP contribution in [0.4, 0.5) is 0 Å². The van der Waals surface area contributed by atoms with Gasteiger partial charge in [0.2, 0.25) is 0 Å². The van der Waals surface area contributed by atoms with Gasteiger partial charge in [-0.05, 0) is 42.9 Å². The first-order valence-electron chi connectivity index (χ1n) is 10.7. The molecule has 2 rings (SSSR count). The number of fused-ring (bicyclic) bond motifs is 1. The van der Waals surface area contributed by atoms with Crippen molar-refractivity contribution in [2.45, 2.75) is 71.3 Å². The fourth-order valence-electron chi connectivity index (χ4n) is 3.74. The molecule has 0 spiro atoms. The van der Waals surface area contributed by atoms with Crippen LogP contribution in [0.25, 0.3) is 10.8 Å². The SMILES string of the molecule is CCCCCCN(CCCCCC)CC(O)c1ccc(Cl)c2ccccc12. The zero-order chi connectivity index (χ0) is 19.5. The number of aliphatic hydroxyl groups excluding tert-OH is 1. The first-order chi connectivity index (χ1) is 13.2. The lowest BCUT2D eigenvalue weighted by molar-refractivity contribution is 0.111. The number of halogens is 1. The van der Waals surface area contributed by atoms with E-state index in [0.717, 1.165) is 34.4 Å². The van der Waals surface area contributed by atoms with Gasteiger partial charge in [0, 0.05) is 17.0 Å². The van der Waals surface area contributed by atoms with Gasteiger partial charge >= 0.3 is 0 Å². The molecule has 1 N–H and O–H groups in total. The van der Waals surface area contributed by atoms with Crippen LogP contribution in [-0.2, 0) is 0 Å². The Morgan fingerprint density at radius 1 is 0.815 bits per heavy atom. The van der Waals surface area contributed by atoms with Crippen molar-refractivity contribution < 1.29 is 5.11 Å². The van der Waals surface area contributed by atoms with Crippen molar-refractivity contribution in [2.75, 3.05) is 19.6 Å². The molecular formula is C24H36ClNO. The van der Waals surface area contributed by atoms with E-state index in [2.05, 4.69) is 24.8 Å². The second kappa shape index (κ2) is 12.4.